The molecule has 1 aliphatic carbocycles. The van der Waals surface area contributed by atoms with Crippen molar-refractivity contribution in [3.8, 4) is 22.6 Å². The van der Waals surface area contributed by atoms with Crippen molar-refractivity contribution >= 4 is 5.91 Å². The third-order valence-electron chi connectivity index (χ3n) is 7.93. The number of aromatic nitrogens is 1. The Morgan fingerprint density at radius 1 is 0.775 bits per heavy atom. The number of benzene rings is 4. The van der Waals surface area contributed by atoms with Gasteiger partial charge in [0.15, 0.2) is 11.7 Å². The normalized spacial score (nSPS) is 16.6. The van der Waals surface area contributed by atoms with Crippen molar-refractivity contribution in [2.75, 3.05) is 6.54 Å². The van der Waals surface area contributed by atoms with Crippen molar-refractivity contribution in [2.45, 2.75) is 38.0 Å². The highest BCUT2D eigenvalue weighted by atomic mass is 16.4. The number of oxazole rings is 1. The minimum atomic E-state index is -0.0199. The van der Waals surface area contributed by atoms with E-state index in [4.69, 9.17) is 9.40 Å². The van der Waals surface area contributed by atoms with Crippen LogP contribution >= 0.6 is 0 Å². The van der Waals surface area contributed by atoms with Crippen LogP contribution in [-0.4, -0.2) is 17.4 Å². The Labute approximate surface area is 236 Å². The predicted molar refractivity (Wildman–Crippen MR) is 160 cm³/mol. The first-order valence-corrected chi connectivity index (χ1v) is 14.3. The Morgan fingerprint density at radius 2 is 1.45 bits per heavy atom. The number of rotatable bonds is 9. The van der Waals surface area contributed by atoms with Crippen LogP contribution in [0.4, 0.5) is 0 Å². The molecule has 40 heavy (non-hydrogen) atoms. The van der Waals surface area contributed by atoms with Crippen LogP contribution in [0.3, 0.4) is 0 Å². The summed E-state index contributed by atoms with van der Waals surface area (Å²) in [6, 6.07) is 38.9. The number of nitrogens with zero attached hydrogens (tertiary/aromatic N) is 1. The number of hydrogen-bond donors (Lipinski definition) is 1. The second-order valence-electron chi connectivity index (χ2n) is 10.7. The molecule has 1 saturated carbocycles. The van der Waals surface area contributed by atoms with Gasteiger partial charge < -0.3 is 9.73 Å². The van der Waals surface area contributed by atoms with E-state index in [9.17, 15) is 4.79 Å². The van der Waals surface area contributed by atoms with E-state index in [-0.39, 0.29) is 11.8 Å². The van der Waals surface area contributed by atoms with Crippen LogP contribution in [0.2, 0.25) is 0 Å². The maximum absolute atomic E-state index is 12.9. The number of carbonyl (C=O) groups excluding carboxylic acids is 1. The maximum Gasteiger partial charge on any atom is 0.251 e. The first kappa shape index (κ1) is 25.8. The van der Waals surface area contributed by atoms with E-state index in [0.29, 0.717) is 18.0 Å². The summed E-state index contributed by atoms with van der Waals surface area (Å²) < 4.78 is 6.57. The van der Waals surface area contributed by atoms with Gasteiger partial charge in [-0.2, -0.15) is 0 Å². The van der Waals surface area contributed by atoms with Gasteiger partial charge in [-0.05, 0) is 54.9 Å². The third-order valence-corrected chi connectivity index (χ3v) is 7.93. The summed E-state index contributed by atoms with van der Waals surface area (Å²) in [6.07, 6.45) is 5.07. The van der Waals surface area contributed by atoms with Crippen LogP contribution < -0.4 is 5.32 Å². The quantitative estimate of drug-likeness (QED) is 0.211. The van der Waals surface area contributed by atoms with Crippen LogP contribution in [0.5, 0.6) is 0 Å². The molecule has 1 aromatic heterocycles. The summed E-state index contributed by atoms with van der Waals surface area (Å²) in [5.41, 5.74) is 6.14. The molecular weight excluding hydrogens is 492 g/mol. The zero-order valence-electron chi connectivity index (χ0n) is 22.6. The van der Waals surface area contributed by atoms with Gasteiger partial charge in [0.2, 0.25) is 0 Å². The van der Waals surface area contributed by atoms with Crippen LogP contribution in [0.25, 0.3) is 22.6 Å². The average Bonchev–Trinajstić information content (AvgIpc) is 3.66. The molecule has 1 fully saturated rings. The van der Waals surface area contributed by atoms with Gasteiger partial charge in [0.05, 0.1) is 0 Å². The molecule has 1 aliphatic rings. The molecule has 0 saturated heterocycles. The molecule has 200 valence electrons. The topological polar surface area (TPSA) is 55.1 Å². The van der Waals surface area contributed by atoms with E-state index in [1.165, 1.54) is 11.1 Å². The van der Waals surface area contributed by atoms with Gasteiger partial charge in [-0.25, -0.2) is 4.98 Å². The summed E-state index contributed by atoms with van der Waals surface area (Å²) in [5.74, 6) is 2.32. The first-order chi connectivity index (χ1) is 19.7. The lowest BCUT2D eigenvalue weighted by Crippen LogP contribution is -2.25. The summed E-state index contributed by atoms with van der Waals surface area (Å²) in [6.45, 7) is 0.620. The Balaban J connectivity index is 1.18. The van der Waals surface area contributed by atoms with Gasteiger partial charge in [-0.15, -0.1) is 0 Å². The Kier molecular flexibility index (Phi) is 7.85. The number of nitrogens with one attached hydrogen (secondary N) is 1. The van der Waals surface area contributed by atoms with Crippen molar-refractivity contribution in [1.29, 1.82) is 0 Å². The standard InChI is InChI=1S/C36H34N2O2/c39-35(37-23-22-26-12-4-1-5-13-26)31-20-10-14-27(25-31)24-30-19-11-21-32(30)36-38-33(28-15-6-2-7-16-28)34(40-36)29-17-8-3-9-18-29/h1-10,12-18,20,25,30,32H,11,19,21-24H2,(H,37,39). The Morgan fingerprint density at radius 3 is 2.20 bits per heavy atom. The van der Waals surface area contributed by atoms with E-state index in [0.717, 1.165) is 60.6 Å². The molecule has 1 N–H and O–H groups in total. The molecule has 2 unspecified atom stereocenters. The van der Waals surface area contributed by atoms with Gasteiger partial charge in [0.1, 0.15) is 5.69 Å². The summed E-state index contributed by atoms with van der Waals surface area (Å²) in [7, 11) is 0. The van der Waals surface area contributed by atoms with Gasteiger partial charge in [-0.1, -0.05) is 110 Å². The zero-order valence-corrected chi connectivity index (χ0v) is 22.6. The molecule has 0 spiro atoms. The molecule has 6 rings (SSSR count). The second kappa shape index (κ2) is 12.2. The van der Waals surface area contributed by atoms with E-state index in [1.807, 2.05) is 72.8 Å². The SMILES string of the molecule is O=C(NCCc1ccccc1)c1cccc(CC2CCCC2c2nc(-c3ccccc3)c(-c3ccccc3)o2)c1. The minimum absolute atomic E-state index is 0.0199. The van der Waals surface area contributed by atoms with Crippen molar-refractivity contribution in [3.63, 3.8) is 0 Å². The van der Waals surface area contributed by atoms with Crippen LogP contribution in [0.1, 0.15) is 52.6 Å². The zero-order chi connectivity index (χ0) is 27.1. The van der Waals surface area contributed by atoms with Crippen molar-refractivity contribution in [2.24, 2.45) is 5.92 Å². The molecule has 1 heterocycles. The largest absolute Gasteiger partial charge is 0.440 e. The van der Waals surface area contributed by atoms with Gasteiger partial charge in [0.25, 0.3) is 5.91 Å². The molecule has 0 aliphatic heterocycles. The molecule has 2 atom stereocenters. The molecule has 0 bridgehead atoms. The van der Waals surface area contributed by atoms with Crippen molar-refractivity contribution in [1.82, 2.24) is 10.3 Å². The summed E-state index contributed by atoms with van der Waals surface area (Å²) >= 11 is 0. The molecule has 4 nitrogen and oxygen atoms in total. The highest BCUT2D eigenvalue weighted by molar-refractivity contribution is 5.94. The first-order valence-electron chi connectivity index (χ1n) is 14.3. The lowest BCUT2D eigenvalue weighted by atomic mass is 9.89. The number of amides is 1. The number of hydrogen-bond acceptors (Lipinski definition) is 3. The minimum Gasteiger partial charge on any atom is -0.440 e. The van der Waals surface area contributed by atoms with Crippen LogP contribution in [-0.2, 0) is 12.8 Å². The fraction of sp³-hybridized carbons (Fsp3) is 0.222. The van der Waals surface area contributed by atoms with Crippen molar-refractivity contribution < 1.29 is 9.21 Å². The lowest BCUT2D eigenvalue weighted by molar-refractivity contribution is 0.0954. The third kappa shape index (κ3) is 5.91. The fourth-order valence-corrected chi connectivity index (χ4v) is 5.89. The highest BCUT2D eigenvalue weighted by Crippen LogP contribution is 2.44. The van der Waals surface area contributed by atoms with E-state index in [1.54, 1.807) is 0 Å². The summed E-state index contributed by atoms with van der Waals surface area (Å²) in [5, 5.41) is 3.08. The molecule has 0 radical (unpaired) electrons. The van der Waals surface area contributed by atoms with Crippen LogP contribution in [0, 0.1) is 5.92 Å². The van der Waals surface area contributed by atoms with Crippen molar-refractivity contribution in [3.05, 3.63) is 138 Å². The van der Waals surface area contributed by atoms with Gasteiger partial charge >= 0.3 is 0 Å². The van der Waals surface area contributed by atoms with Gasteiger partial charge in [-0.3, -0.25) is 4.79 Å². The highest BCUT2D eigenvalue weighted by Gasteiger charge is 2.33. The maximum atomic E-state index is 12.9. The van der Waals surface area contributed by atoms with Gasteiger partial charge in [0, 0.05) is 29.2 Å². The molecule has 1 amide bonds. The average molecular weight is 527 g/mol. The Bertz CT molecular complexity index is 1490. The monoisotopic (exact) mass is 526 g/mol. The second-order valence-corrected chi connectivity index (χ2v) is 10.7. The molecule has 4 aromatic carbocycles. The molecule has 5 aromatic rings. The van der Waals surface area contributed by atoms with E-state index >= 15 is 0 Å². The Hall–Kier alpha value is -4.44. The lowest BCUT2D eigenvalue weighted by Gasteiger charge is -2.17. The summed E-state index contributed by atoms with van der Waals surface area (Å²) in [4.78, 5) is 18.0. The van der Waals surface area contributed by atoms with E-state index in [2.05, 4.69) is 47.8 Å². The molecule has 4 heteroatoms. The fourth-order valence-electron chi connectivity index (χ4n) is 5.89. The van der Waals surface area contributed by atoms with Crippen LogP contribution in [0.15, 0.2) is 120 Å². The predicted octanol–water partition coefficient (Wildman–Crippen LogP) is 8.11. The molecular formula is C36H34N2O2. The van der Waals surface area contributed by atoms with E-state index < -0.39 is 0 Å². The smallest absolute Gasteiger partial charge is 0.251 e. The number of carbonyl (C=O) groups is 1.